The van der Waals surface area contributed by atoms with Gasteiger partial charge >= 0.3 is 0 Å². The van der Waals surface area contributed by atoms with E-state index in [0.29, 0.717) is 5.92 Å². The monoisotopic (exact) mass is 213 g/mol. The molecule has 90 valence electrons. The Balaban J connectivity index is 1.96. The standard InChI is InChI=1S/C12H27N3/c1-11(9-13)10-14-6-3-12-4-7-15(2)8-5-12/h11-12,14H,3-10,13H2,1-2H3. The van der Waals surface area contributed by atoms with Gasteiger partial charge in [0, 0.05) is 0 Å². The van der Waals surface area contributed by atoms with Crippen LogP contribution in [0.15, 0.2) is 0 Å². The third-order valence-electron chi connectivity index (χ3n) is 3.46. The smallest absolute Gasteiger partial charge is 0.00111 e. The minimum atomic E-state index is 0.613. The van der Waals surface area contributed by atoms with Gasteiger partial charge in [0.25, 0.3) is 0 Å². The van der Waals surface area contributed by atoms with Crippen molar-refractivity contribution < 1.29 is 0 Å². The Hall–Kier alpha value is -0.120. The van der Waals surface area contributed by atoms with Gasteiger partial charge < -0.3 is 16.0 Å². The quantitative estimate of drug-likeness (QED) is 0.644. The van der Waals surface area contributed by atoms with E-state index in [1.807, 2.05) is 0 Å². The highest BCUT2D eigenvalue weighted by atomic mass is 15.1. The fourth-order valence-electron chi connectivity index (χ4n) is 2.09. The first-order valence-corrected chi connectivity index (χ1v) is 6.31. The molecule has 15 heavy (non-hydrogen) atoms. The number of likely N-dealkylation sites (tertiary alicyclic amines) is 1. The predicted molar refractivity (Wildman–Crippen MR) is 65.9 cm³/mol. The Kier molecular flexibility index (Phi) is 6.22. The summed E-state index contributed by atoms with van der Waals surface area (Å²) in [4.78, 5) is 2.43. The van der Waals surface area contributed by atoms with E-state index in [9.17, 15) is 0 Å². The first kappa shape index (κ1) is 12.9. The third kappa shape index (κ3) is 5.50. The summed E-state index contributed by atoms with van der Waals surface area (Å²) in [6.45, 7) is 7.79. The van der Waals surface area contributed by atoms with Crippen molar-refractivity contribution in [3.63, 3.8) is 0 Å². The lowest BCUT2D eigenvalue weighted by molar-refractivity contribution is 0.211. The maximum Gasteiger partial charge on any atom is -0.00111 e. The Labute approximate surface area is 94.4 Å². The van der Waals surface area contributed by atoms with Crippen LogP contribution in [-0.2, 0) is 0 Å². The molecule has 1 heterocycles. The van der Waals surface area contributed by atoms with Crippen molar-refractivity contribution in [3.05, 3.63) is 0 Å². The molecule has 0 spiro atoms. The van der Waals surface area contributed by atoms with Crippen molar-refractivity contribution in [2.75, 3.05) is 39.8 Å². The zero-order chi connectivity index (χ0) is 11.1. The molecule has 1 unspecified atom stereocenters. The molecule has 0 aromatic heterocycles. The molecule has 1 aliphatic heterocycles. The molecule has 1 aliphatic rings. The maximum atomic E-state index is 5.57. The summed E-state index contributed by atoms with van der Waals surface area (Å²) in [7, 11) is 2.22. The summed E-state index contributed by atoms with van der Waals surface area (Å²) in [6.07, 6.45) is 4.10. The molecule has 1 atom stereocenters. The highest BCUT2D eigenvalue weighted by Gasteiger charge is 2.15. The Bertz CT molecular complexity index is 153. The van der Waals surface area contributed by atoms with Crippen molar-refractivity contribution >= 4 is 0 Å². The molecule has 0 saturated carbocycles. The molecule has 1 rings (SSSR count). The van der Waals surface area contributed by atoms with Crippen LogP contribution in [-0.4, -0.2) is 44.7 Å². The second kappa shape index (κ2) is 7.20. The van der Waals surface area contributed by atoms with Crippen LogP contribution in [0.5, 0.6) is 0 Å². The second-order valence-electron chi connectivity index (χ2n) is 5.08. The van der Waals surface area contributed by atoms with Crippen molar-refractivity contribution in [1.82, 2.24) is 10.2 Å². The average Bonchev–Trinajstić information content (AvgIpc) is 2.26. The lowest BCUT2D eigenvalue weighted by atomic mass is 9.94. The maximum absolute atomic E-state index is 5.57. The minimum absolute atomic E-state index is 0.613. The molecule has 3 N–H and O–H groups in total. The minimum Gasteiger partial charge on any atom is -0.330 e. The molecule has 1 fully saturated rings. The number of hydrogen-bond donors (Lipinski definition) is 2. The van der Waals surface area contributed by atoms with E-state index >= 15 is 0 Å². The molecule has 0 radical (unpaired) electrons. The van der Waals surface area contributed by atoms with Crippen LogP contribution in [0.3, 0.4) is 0 Å². The molecule has 3 nitrogen and oxygen atoms in total. The zero-order valence-electron chi connectivity index (χ0n) is 10.3. The number of rotatable bonds is 6. The highest BCUT2D eigenvalue weighted by Crippen LogP contribution is 2.18. The van der Waals surface area contributed by atoms with Crippen molar-refractivity contribution in [1.29, 1.82) is 0 Å². The molecule has 0 aliphatic carbocycles. The van der Waals surface area contributed by atoms with Gasteiger partial charge in [0.2, 0.25) is 0 Å². The van der Waals surface area contributed by atoms with Crippen molar-refractivity contribution in [2.24, 2.45) is 17.6 Å². The first-order valence-electron chi connectivity index (χ1n) is 6.31. The second-order valence-corrected chi connectivity index (χ2v) is 5.08. The molecule has 0 amide bonds. The van der Waals surface area contributed by atoms with Gasteiger partial charge in [-0.05, 0) is 70.9 Å². The summed E-state index contributed by atoms with van der Waals surface area (Å²) in [6, 6.07) is 0. The van der Waals surface area contributed by atoms with E-state index in [1.54, 1.807) is 0 Å². The van der Waals surface area contributed by atoms with E-state index in [1.165, 1.54) is 38.9 Å². The van der Waals surface area contributed by atoms with Crippen LogP contribution >= 0.6 is 0 Å². The summed E-state index contributed by atoms with van der Waals surface area (Å²) in [5.41, 5.74) is 5.57. The lowest BCUT2D eigenvalue weighted by Crippen LogP contribution is -2.32. The first-order chi connectivity index (χ1) is 7.22. The topological polar surface area (TPSA) is 41.3 Å². The van der Waals surface area contributed by atoms with Gasteiger partial charge in [-0.2, -0.15) is 0 Å². The SMILES string of the molecule is CC(CN)CNCCC1CCN(C)CC1. The van der Waals surface area contributed by atoms with Crippen molar-refractivity contribution in [3.8, 4) is 0 Å². The zero-order valence-corrected chi connectivity index (χ0v) is 10.3. The molecule has 0 aromatic carbocycles. The van der Waals surface area contributed by atoms with E-state index in [0.717, 1.165) is 19.0 Å². The average molecular weight is 213 g/mol. The molecule has 0 bridgehead atoms. The Morgan fingerprint density at radius 2 is 2.07 bits per heavy atom. The lowest BCUT2D eigenvalue weighted by Gasteiger charge is -2.29. The van der Waals surface area contributed by atoms with Crippen LogP contribution in [0, 0.1) is 11.8 Å². The van der Waals surface area contributed by atoms with Gasteiger partial charge in [0.15, 0.2) is 0 Å². The van der Waals surface area contributed by atoms with Gasteiger partial charge in [-0.3, -0.25) is 0 Å². The number of nitrogens with zero attached hydrogens (tertiary/aromatic N) is 1. The molecule has 1 saturated heterocycles. The van der Waals surface area contributed by atoms with Gasteiger partial charge in [0.1, 0.15) is 0 Å². The predicted octanol–water partition coefficient (Wildman–Crippen LogP) is 0.903. The molecular weight excluding hydrogens is 186 g/mol. The molecule has 0 aromatic rings. The van der Waals surface area contributed by atoms with E-state index < -0.39 is 0 Å². The summed E-state index contributed by atoms with van der Waals surface area (Å²) >= 11 is 0. The van der Waals surface area contributed by atoms with Crippen molar-refractivity contribution in [2.45, 2.75) is 26.2 Å². The number of piperidine rings is 1. The van der Waals surface area contributed by atoms with Crippen LogP contribution in [0.2, 0.25) is 0 Å². The van der Waals surface area contributed by atoms with Gasteiger partial charge in [0.05, 0.1) is 0 Å². The number of nitrogens with one attached hydrogen (secondary N) is 1. The van der Waals surface area contributed by atoms with Gasteiger partial charge in [-0.25, -0.2) is 0 Å². The fourth-order valence-corrected chi connectivity index (χ4v) is 2.09. The normalized spacial score (nSPS) is 21.8. The summed E-state index contributed by atoms with van der Waals surface area (Å²) < 4.78 is 0. The largest absolute Gasteiger partial charge is 0.330 e. The van der Waals surface area contributed by atoms with E-state index in [-0.39, 0.29) is 0 Å². The van der Waals surface area contributed by atoms with Crippen LogP contribution in [0.25, 0.3) is 0 Å². The number of nitrogens with two attached hydrogens (primary N) is 1. The van der Waals surface area contributed by atoms with Crippen LogP contribution < -0.4 is 11.1 Å². The molecule has 3 heteroatoms. The van der Waals surface area contributed by atoms with E-state index in [4.69, 9.17) is 5.73 Å². The van der Waals surface area contributed by atoms with Crippen LogP contribution in [0.4, 0.5) is 0 Å². The number of hydrogen-bond acceptors (Lipinski definition) is 3. The summed E-state index contributed by atoms with van der Waals surface area (Å²) in [5, 5.41) is 3.50. The molecular formula is C12H27N3. The van der Waals surface area contributed by atoms with Gasteiger partial charge in [-0.15, -0.1) is 0 Å². The highest BCUT2D eigenvalue weighted by molar-refractivity contribution is 4.71. The third-order valence-corrected chi connectivity index (χ3v) is 3.46. The Morgan fingerprint density at radius 1 is 1.40 bits per heavy atom. The van der Waals surface area contributed by atoms with E-state index in [2.05, 4.69) is 24.2 Å². The Morgan fingerprint density at radius 3 is 2.67 bits per heavy atom. The van der Waals surface area contributed by atoms with Crippen LogP contribution in [0.1, 0.15) is 26.2 Å². The fraction of sp³-hybridized carbons (Fsp3) is 1.00. The summed E-state index contributed by atoms with van der Waals surface area (Å²) in [5.74, 6) is 1.56. The van der Waals surface area contributed by atoms with Gasteiger partial charge in [-0.1, -0.05) is 6.92 Å².